The summed E-state index contributed by atoms with van der Waals surface area (Å²) in [6, 6.07) is 2.01. The van der Waals surface area contributed by atoms with Crippen LogP contribution in [0.4, 0.5) is 0 Å². The van der Waals surface area contributed by atoms with Crippen molar-refractivity contribution < 1.29 is 4.79 Å². The Morgan fingerprint density at radius 2 is 2.23 bits per heavy atom. The van der Waals surface area contributed by atoms with Gasteiger partial charge in [0.15, 0.2) is 0 Å². The first-order chi connectivity index (χ1) is 6.22. The molecule has 0 heterocycles. The van der Waals surface area contributed by atoms with Crippen LogP contribution in [0.25, 0.3) is 0 Å². The Balaban J connectivity index is 3.52. The molecule has 0 radical (unpaired) electrons. The van der Waals surface area contributed by atoms with E-state index in [9.17, 15) is 4.79 Å². The van der Waals surface area contributed by atoms with Crippen LogP contribution in [-0.2, 0) is 4.79 Å². The second-order valence-electron chi connectivity index (χ2n) is 2.87. The van der Waals surface area contributed by atoms with Crippen molar-refractivity contribution in [2.45, 2.75) is 25.7 Å². The van der Waals surface area contributed by atoms with E-state index in [1.165, 1.54) is 0 Å². The molecular formula is C9H15ClN2O. The number of halogens is 1. The lowest BCUT2D eigenvalue weighted by Gasteiger charge is -2.14. The van der Waals surface area contributed by atoms with Gasteiger partial charge >= 0.3 is 0 Å². The summed E-state index contributed by atoms with van der Waals surface area (Å²) in [5, 5.41) is 8.31. The van der Waals surface area contributed by atoms with Crippen LogP contribution in [0, 0.1) is 11.3 Å². The van der Waals surface area contributed by atoms with Crippen LogP contribution in [0.1, 0.15) is 25.7 Å². The predicted octanol–water partition coefficient (Wildman–Crippen LogP) is 1.77. The Bertz CT molecular complexity index is 189. The summed E-state index contributed by atoms with van der Waals surface area (Å²) < 4.78 is 0. The zero-order chi connectivity index (χ0) is 10.1. The Morgan fingerprint density at radius 3 is 2.77 bits per heavy atom. The summed E-state index contributed by atoms with van der Waals surface area (Å²) in [7, 11) is 1.72. The third-order valence-corrected chi connectivity index (χ3v) is 2.03. The molecule has 0 saturated heterocycles. The van der Waals surface area contributed by atoms with Crippen LogP contribution in [0.5, 0.6) is 0 Å². The summed E-state index contributed by atoms with van der Waals surface area (Å²) in [6.07, 6.45) is 2.64. The van der Waals surface area contributed by atoms with E-state index in [2.05, 4.69) is 0 Å². The van der Waals surface area contributed by atoms with Crippen molar-refractivity contribution >= 4 is 17.5 Å². The standard InChI is InChI=1S/C9H15ClN2O/c1-12(8-4-7-11)9(13)5-2-3-6-10/h2-6,8H2,1H3. The first-order valence-corrected chi connectivity index (χ1v) is 4.92. The second kappa shape index (κ2) is 7.88. The van der Waals surface area contributed by atoms with Gasteiger partial charge in [-0.1, -0.05) is 0 Å². The summed E-state index contributed by atoms with van der Waals surface area (Å²) in [5.41, 5.74) is 0. The Kier molecular flexibility index (Phi) is 7.42. The normalized spacial score (nSPS) is 9.31. The minimum Gasteiger partial charge on any atom is -0.345 e. The van der Waals surface area contributed by atoms with E-state index in [-0.39, 0.29) is 5.91 Å². The van der Waals surface area contributed by atoms with Crippen molar-refractivity contribution in [1.29, 1.82) is 5.26 Å². The first kappa shape index (κ1) is 12.2. The highest BCUT2D eigenvalue weighted by Crippen LogP contribution is 2.00. The maximum absolute atomic E-state index is 11.3. The molecule has 0 aliphatic heterocycles. The summed E-state index contributed by atoms with van der Waals surface area (Å²) in [6.45, 7) is 0.524. The fourth-order valence-corrected chi connectivity index (χ4v) is 1.09. The molecule has 0 N–H and O–H groups in total. The quantitative estimate of drug-likeness (QED) is 0.487. The highest BCUT2D eigenvalue weighted by atomic mass is 35.5. The number of amides is 1. The Morgan fingerprint density at radius 1 is 1.54 bits per heavy atom. The zero-order valence-electron chi connectivity index (χ0n) is 7.92. The minimum atomic E-state index is 0.0976. The van der Waals surface area contributed by atoms with Crippen molar-refractivity contribution in [3.05, 3.63) is 0 Å². The van der Waals surface area contributed by atoms with Gasteiger partial charge in [-0.15, -0.1) is 11.6 Å². The van der Waals surface area contributed by atoms with Gasteiger partial charge in [-0.05, 0) is 12.8 Å². The van der Waals surface area contributed by atoms with Gasteiger partial charge in [-0.2, -0.15) is 5.26 Å². The number of hydrogen-bond acceptors (Lipinski definition) is 2. The number of unbranched alkanes of at least 4 members (excludes halogenated alkanes) is 1. The topological polar surface area (TPSA) is 44.1 Å². The maximum atomic E-state index is 11.3. The molecule has 0 fully saturated rings. The molecule has 0 rings (SSSR count). The van der Waals surface area contributed by atoms with Gasteiger partial charge in [0, 0.05) is 25.9 Å². The van der Waals surface area contributed by atoms with Crippen molar-refractivity contribution in [1.82, 2.24) is 4.90 Å². The van der Waals surface area contributed by atoms with Crippen LogP contribution < -0.4 is 0 Å². The van der Waals surface area contributed by atoms with E-state index >= 15 is 0 Å². The number of rotatable bonds is 6. The molecule has 0 unspecified atom stereocenters. The van der Waals surface area contributed by atoms with Crippen LogP contribution >= 0.6 is 11.6 Å². The van der Waals surface area contributed by atoms with Crippen molar-refractivity contribution in [2.75, 3.05) is 19.5 Å². The van der Waals surface area contributed by atoms with Gasteiger partial charge in [0.2, 0.25) is 5.91 Å². The molecule has 4 heteroatoms. The monoisotopic (exact) mass is 202 g/mol. The fraction of sp³-hybridized carbons (Fsp3) is 0.778. The lowest BCUT2D eigenvalue weighted by atomic mass is 10.2. The smallest absolute Gasteiger partial charge is 0.222 e. The highest BCUT2D eigenvalue weighted by Gasteiger charge is 2.06. The van der Waals surface area contributed by atoms with Gasteiger partial charge in [0.1, 0.15) is 0 Å². The Labute approximate surface area is 84.3 Å². The average molecular weight is 203 g/mol. The Hall–Kier alpha value is -0.750. The van der Waals surface area contributed by atoms with E-state index in [0.29, 0.717) is 25.3 Å². The molecule has 74 valence electrons. The number of carbonyl (C=O) groups is 1. The molecule has 0 atom stereocenters. The number of hydrogen-bond donors (Lipinski definition) is 0. The molecule has 0 aliphatic rings. The molecule has 0 aliphatic carbocycles. The predicted molar refractivity (Wildman–Crippen MR) is 52.4 cm³/mol. The van der Waals surface area contributed by atoms with Crippen molar-refractivity contribution in [3.8, 4) is 6.07 Å². The van der Waals surface area contributed by atoms with E-state index in [1.807, 2.05) is 6.07 Å². The number of nitriles is 1. The summed E-state index contributed by atoms with van der Waals surface area (Å²) >= 11 is 5.48. The number of nitrogens with zero attached hydrogens (tertiary/aromatic N) is 2. The number of carbonyl (C=O) groups excluding carboxylic acids is 1. The van der Waals surface area contributed by atoms with Gasteiger partial charge in [0.05, 0.1) is 12.5 Å². The molecular weight excluding hydrogens is 188 g/mol. The second-order valence-corrected chi connectivity index (χ2v) is 3.25. The zero-order valence-corrected chi connectivity index (χ0v) is 8.68. The minimum absolute atomic E-state index is 0.0976. The molecule has 0 bridgehead atoms. The van der Waals surface area contributed by atoms with Crippen LogP contribution in [0.2, 0.25) is 0 Å². The van der Waals surface area contributed by atoms with Gasteiger partial charge in [-0.3, -0.25) is 4.79 Å². The van der Waals surface area contributed by atoms with Crippen LogP contribution in [0.3, 0.4) is 0 Å². The first-order valence-electron chi connectivity index (χ1n) is 4.39. The van der Waals surface area contributed by atoms with E-state index in [1.54, 1.807) is 11.9 Å². The molecule has 0 saturated carbocycles. The highest BCUT2D eigenvalue weighted by molar-refractivity contribution is 6.17. The molecule has 0 spiro atoms. The third kappa shape index (κ3) is 6.41. The van der Waals surface area contributed by atoms with Crippen molar-refractivity contribution in [3.63, 3.8) is 0 Å². The lowest BCUT2D eigenvalue weighted by Crippen LogP contribution is -2.27. The SMILES string of the molecule is CN(CCC#N)C(=O)CCCCCl. The summed E-state index contributed by atoms with van der Waals surface area (Å²) in [4.78, 5) is 12.9. The van der Waals surface area contributed by atoms with Crippen LogP contribution in [0.15, 0.2) is 0 Å². The molecule has 0 aromatic rings. The molecule has 0 aromatic heterocycles. The van der Waals surface area contributed by atoms with Gasteiger partial charge in [0.25, 0.3) is 0 Å². The largest absolute Gasteiger partial charge is 0.345 e. The van der Waals surface area contributed by atoms with Gasteiger partial charge in [-0.25, -0.2) is 0 Å². The molecule has 0 aromatic carbocycles. The fourth-order valence-electron chi connectivity index (χ4n) is 0.904. The maximum Gasteiger partial charge on any atom is 0.222 e. The average Bonchev–Trinajstić information content (AvgIpc) is 2.14. The summed E-state index contributed by atoms with van der Waals surface area (Å²) in [5.74, 6) is 0.704. The van der Waals surface area contributed by atoms with E-state index in [4.69, 9.17) is 16.9 Å². The van der Waals surface area contributed by atoms with Crippen molar-refractivity contribution in [2.24, 2.45) is 0 Å². The van der Waals surface area contributed by atoms with E-state index in [0.717, 1.165) is 12.8 Å². The van der Waals surface area contributed by atoms with Gasteiger partial charge < -0.3 is 4.90 Å². The lowest BCUT2D eigenvalue weighted by molar-refractivity contribution is -0.129. The third-order valence-electron chi connectivity index (χ3n) is 1.76. The molecule has 3 nitrogen and oxygen atoms in total. The van der Waals surface area contributed by atoms with Crippen LogP contribution in [-0.4, -0.2) is 30.3 Å². The number of alkyl halides is 1. The van der Waals surface area contributed by atoms with E-state index < -0.39 is 0 Å². The molecule has 13 heavy (non-hydrogen) atoms. The molecule has 1 amide bonds.